The van der Waals surface area contributed by atoms with Gasteiger partial charge in [0.25, 0.3) is 0 Å². The van der Waals surface area contributed by atoms with Crippen molar-refractivity contribution in [3.63, 3.8) is 0 Å². The molecule has 0 bridgehead atoms. The molecule has 0 atom stereocenters. The van der Waals surface area contributed by atoms with Gasteiger partial charge in [-0.1, -0.05) is 11.8 Å². The second kappa shape index (κ2) is 5.97. The average Bonchev–Trinajstić information content (AvgIpc) is 2.67. The van der Waals surface area contributed by atoms with Crippen LogP contribution in [0, 0.1) is 6.92 Å². The number of halogens is 3. The molecule has 2 aromatic heterocycles. The highest BCUT2D eigenvalue weighted by Gasteiger charge is 2.31. The Labute approximate surface area is 124 Å². The Bertz CT molecular complexity index is 637. The molecule has 1 N–H and O–H groups in total. The Morgan fingerprint density at radius 3 is 2.52 bits per heavy atom. The molecule has 0 radical (unpaired) electrons. The first kappa shape index (κ1) is 15.7. The van der Waals surface area contributed by atoms with E-state index in [2.05, 4.69) is 15.4 Å². The van der Waals surface area contributed by atoms with Crippen molar-refractivity contribution in [2.45, 2.75) is 30.1 Å². The summed E-state index contributed by atoms with van der Waals surface area (Å²) in [7, 11) is 1.74. The van der Waals surface area contributed by atoms with Crippen LogP contribution in [0.2, 0.25) is 0 Å². The molecule has 0 unspecified atom stereocenters. The lowest BCUT2D eigenvalue weighted by molar-refractivity contribution is -0.137. The lowest BCUT2D eigenvalue weighted by atomic mass is 10.2. The third kappa shape index (κ3) is 3.90. The van der Waals surface area contributed by atoms with Gasteiger partial charge in [0.2, 0.25) is 0 Å². The van der Waals surface area contributed by atoms with Crippen LogP contribution in [-0.2, 0) is 13.2 Å². The predicted octanol–water partition coefficient (Wildman–Crippen LogP) is 3.73. The fourth-order valence-electron chi connectivity index (χ4n) is 1.78. The third-order valence-electron chi connectivity index (χ3n) is 2.66. The summed E-state index contributed by atoms with van der Waals surface area (Å²) in [6, 6.07) is 3.87. The number of rotatable bonds is 4. The van der Waals surface area contributed by atoms with Crippen LogP contribution in [-0.4, -0.2) is 21.3 Å². The van der Waals surface area contributed by atoms with Crippen molar-refractivity contribution >= 4 is 17.6 Å². The molecule has 0 saturated carbocycles. The molecular weight excluding hydrogens is 301 g/mol. The van der Waals surface area contributed by atoms with Crippen LogP contribution in [0.15, 0.2) is 28.3 Å². The lowest BCUT2D eigenvalue weighted by Gasteiger charge is -2.11. The van der Waals surface area contributed by atoms with Crippen molar-refractivity contribution in [1.29, 1.82) is 0 Å². The Hall–Kier alpha value is -1.70. The zero-order valence-corrected chi connectivity index (χ0v) is 12.6. The summed E-state index contributed by atoms with van der Waals surface area (Å²) < 4.78 is 40.4. The van der Waals surface area contributed by atoms with Crippen LogP contribution in [0.3, 0.4) is 0 Å². The average molecular weight is 316 g/mol. The number of hydrogen-bond donors (Lipinski definition) is 1. The van der Waals surface area contributed by atoms with Gasteiger partial charge in [0.15, 0.2) is 0 Å². The molecule has 2 rings (SSSR count). The van der Waals surface area contributed by atoms with Crippen molar-refractivity contribution in [1.82, 2.24) is 14.8 Å². The van der Waals surface area contributed by atoms with Gasteiger partial charge in [0, 0.05) is 13.6 Å². The van der Waals surface area contributed by atoms with Gasteiger partial charge in [-0.3, -0.25) is 4.68 Å². The molecule has 2 aromatic rings. The number of anilines is 1. The maximum atomic E-state index is 12.9. The Kier molecular flexibility index (Phi) is 4.46. The van der Waals surface area contributed by atoms with E-state index in [1.54, 1.807) is 24.7 Å². The van der Waals surface area contributed by atoms with Gasteiger partial charge in [0.1, 0.15) is 15.9 Å². The summed E-state index contributed by atoms with van der Waals surface area (Å²) in [5.74, 6) is 0.216. The SMILES string of the molecule is CCNc1cc(C(F)(F)F)cc(Sc2cc(C)nn2C)n1. The highest BCUT2D eigenvalue weighted by Crippen LogP contribution is 2.35. The summed E-state index contributed by atoms with van der Waals surface area (Å²) in [5.41, 5.74) is 0.0914. The number of aryl methyl sites for hydroxylation is 2. The Morgan fingerprint density at radius 1 is 1.29 bits per heavy atom. The Balaban J connectivity index is 2.38. The number of hydrogen-bond acceptors (Lipinski definition) is 4. The fourth-order valence-corrected chi connectivity index (χ4v) is 2.73. The topological polar surface area (TPSA) is 42.7 Å². The number of alkyl halides is 3. The van der Waals surface area contributed by atoms with Gasteiger partial charge in [-0.25, -0.2) is 4.98 Å². The zero-order valence-electron chi connectivity index (χ0n) is 11.8. The monoisotopic (exact) mass is 316 g/mol. The van der Waals surface area contributed by atoms with Crippen molar-refractivity contribution < 1.29 is 13.2 Å². The predicted molar refractivity (Wildman–Crippen MR) is 75.5 cm³/mol. The maximum Gasteiger partial charge on any atom is 0.416 e. The lowest BCUT2D eigenvalue weighted by Crippen LogP contribution is -2.08. The van der Waals surface area contributed by atoms with E-state index in [9.17, 15) is 13.2 Å². The first-order chi connectivity index (χ1) is 9.79. The molecule has 0 saturated heterocycles. The van der Waals surface area contributed by atoms with Crippen LogP contribution in [0.5, 0.6) is 0 Å². The summed E-state index contributed by atoms with van der Waals surface area (Å²) in [6.07, 6.45) is -4.40. The maximum absolute atomic E-state index is 12.9. The molecule has 0 aromatic carbocycles. The largest absolute Gasteiger partial charge is 0.416 e. The quantitative estimate of drug-likeness (QED) is 0.933. The smallest absolute Gasteiger partial charge is 0.370 e. The summed E-state index contributed by atoms with van der Waals surface area (Å²) in [6.45, 7) is 4.14. The molecule has 0 amide bonds. The van der Waals surface area contributed by atoms with Gasteiger partial charge in [-0.2, -0.15) is 18.3 Å². The van der Waals surface area contributed by atoms with Crippen LogP contribution >= 0.6 is 11.8 Å². The van der Waals surface area contributed by atoms with Crippen molar-refractivity contribution in [3.8, 4) is 0 Å². The fraction of sp³-hybridized carbons (Fsp3) is 0.385. The van der Waals surface area contributed by atoms with Gasteiger partial charge in [-0.05, 0) is 32.0 Å². The number of nitrogens with zero attached hydrogens (tertiary/aromatic N) is 3. The van der Waals surface area contributed by atoms with E-state index < -0.39 is 11.7 Å². The highest BCUT2D eigenvalue weighted by atomic mass is 32.2. The van der Waals surface area contributed by atoms with Gasteiger partial charge in [-0.15, -0.1) is 0 Å². The number of nitrogens with one attached hydrogen (secondary N) is 1. The summed E-state index contributed by atoms with van der Waals surface area (Å²) >= 11 is 1.15. The third-order valence-corrected chi connectivity index (χ3v) is 3.66. The van der Waals surface area contributed by atoms with E-state index in [-0.39, 0.29) is 10.8 Å². The molecular formula is C13H15F3N4S. The van der Waals surface area contributed by atoms with Gasteiger partial charge < -0.3 is 5.32 Å². The normalized spacial score (nSPS) is 11.7. The van der Waals surface area contributed by atoms with E-state index in [4.69, 9.17) is 0 Å². The zero-order chi connectivity index (χ0) is 15.6. The second-order valence-electron chi connectivity index (χ2n) is 4.46. The molecule has 2 heterocycles. The van der Waals surface area contributed by atoms with E-state index in [1.165, 1.54) is 0 Å². The molecule has 0 fully saturated rings. The molecule has 0 spiro atoms. The number of aromatic nitrogens is 3. The number of pyridine rings is 1. The minimum Gasteiger partial charge on any atom is -0.370 e. The van der Waals surface area contributed by atoms with Gasteiger partial charge >= 0.3 is 6.18 Å². The van der Waals surface area contributed by atoms with Crippen LogP contribution in [0.25, 0.3) is 0 Å². The van der Waals surface area contributed by atoms with Crippen molar-refractivity contribution in [2.24, 2.45) is 7.05 Å². The van der Waals surface area contributed by atoms with Crippen LogP contribution < -0.4 is 5.32 Å². The van der Waals surface area contributed by atoms with Crippen molar-refractivity contribution in [3.05, 3.63) is 29.5 Å². The highest BCUT2D eigenvalue weighted by molar-refractivity contribution is 7.99. The van der Waals surface area contributed by atoms with Crippen LogP contribution in [0.4, 0.5) is 19.0 Å². The Morgan fingerprint density at radius 2 is 2.00 bits per heavy atom. The van der Waals surface area contributed by atoms with E-state index in [0.717, 1.165) is 34.6 Å². The van der Waals surface area contributed by atoms with E-state index in [0.29, 0.717) is 6.54 Å². The van der Waals surface area contributed by atoms with Crippen molar-refractivity contribution in [2.75, 3.05) is 11.9 Å². The molecule has 21 heavy (non-hydrogen) atoms. The first-order valence-electron chi connectivity index (χ1n) is 6.31. The second-order valence-corrected chi connectivity index (χ2v) is 5.50. The molecule has 8 heteroatoms. The summed E-state index contributed by atoms with van der Waals surface area (Å²) in [4.78, 5) is 4.19. The molecule has 0 aliphatic heterocycles. The minimum atomic E-state index is -4.40. The summed E-state index contributed by atoms with van der Waals surface area (Å²) in [5, 5.41) is 8.01. The van der Waals surface area contributed by atoms with E-state index in [1.807, 2.05) is 6.92 Å². The van der Waals surface area contributed by atoms with Crippen LogP contribution in [0.1, 0.15) is 18.2 Å². The first-order valence-corrected chi connectivity index (χ1v) is 7.13. The molecule has 0 aliphatic rings. The molecule has 0 aliphatic carbocycles. The van der Waals surface area contributed by atoms with E-state index >= 15 is 0 Å². The minimum absolute atomic E-state index is 0.216. The van der Waals surface area contributed by atoms with Gasteiger partial charge in [0.05, 0.1) is 11.3 Å². The molecule has 4 nitrogen and oxygen atoms in total. The standard InChI is InChI=1S/C13H15F3N4S/c1-4-17-10-6-9(13(14,15)16)7-11(18-10)21-12-5-8(2)19-20(12)3/h5-7H,4H2,1-3H3,(H,17,18). The molecule has 114 valence electrons.